The molecule has 2 saturated heterocycles. The first kappa shape index (κ1) is 18.0. The first-order valence-corrected chi connectivity index (χ1v) is 9.35. The number of hydrogen-bond acceptors (Lipinski definition) is 6. The van der Waals surface area contributed by atoms with Gasteiger partial charge in [0.1, 0.15) is 11.6 Å². The average Bonchev–Trinajstić information content (AvgIpc) is 2.94. The molecule has 0 N–H and O–H groups in total. The van der Waals surface area contributed by atoms with Gasteiger partial charge in [0, 0.05) is 38.8 Å². The fourth-order valence-electron chi connectivity index (χ4n) is 3.17. The van der Waals surface area contributed by atoms with Crippen LogP contribution in [0.5, 0.6) is 5.75 Å². The molecule has 1 aromatic carbocycles. The van der Waals surface area contributed by atoms with Crippen LogP contribution in [-0.4, -0.2) is 73.1 Å². The fourth-order valence-corrected chi connectivity index (χ4v) is 3.92. The normalized spacial score (nSPS) is 19.0. The highest BCUT2D eigenvalue weighted by atomic mass is 32.2. The summed E-state index contributed by atoms with van der Waals surface area (Å²) in [7, 11) is 1.59. The second-order valence-corrected chi connectivity index (χ2v) is 7.02. The van der Waals surface area contributed by atoms with Crippen LogP contribution in [0, 0.1) is 5.82 Å². The molecular formula is C17H22FN3O3S. The zero-order chi connectivity index (χ0) is 17.8. The SMILES string of the molecule is COc1ccc(F)cc1N1CCN(CCCN2C(=O)CSC2=O)CC1. The molecule has 2 aliphatic heterocycles. The molecule has 25 heavy (non-hydrogen) atoms. The topological polar surface area (TPSA) is 53.1 Å². The summed E-state index contributed by atoms with van der Waals surface area (Å²) < 4.78 is 18.9. The summed E-state index contributed by atoms with van der Waals surface area (Å²) in [5, 5.41) is -0.131. The number of methoxy groups -OCH3 is 1. The van der Waals surface area contributed by atoms with Crippen LogP contribution in [0.4, 0.5) is 14.9 Å². The number of amides is 2. The number of carbonyl (C=O) groups is 2. The molecule has 1 aromatic rings. The maximum absolute atomic E-state index is 13.5. The van der Waals surface area contributed by atoms with Crippen LogP contribution in [0.2, 0.25) is 0 Å². The number of rotatable bonds is 6. The standard InChI is InChI=1S/C17H22FN3O3S/c1-24-15-4-3-13(18)11-14(15)20-9-7-19(8-10-20)5-2-6-21-16(22)12-25-17(21)23/h3-4,11H,2,5-10,12H2,1H3. The lowest BCUT2D eigenvalue weighted by Gasteiger charge is -2.36. The molecule has 0 bridgehead atoms. The number of thioether (sulfide) groups is 1. The van der Waals surface area contributed by atoms with Crippen LogP contribution in [-0.2, 0) is 4.79 Å². The number of carbonyl (C=O) groups excluding carboxylic acids is 2. The number of halogens is 1. The van der Waals surface area contributed by atoms with E-state index >= 15 is 0 Å². The Bertz CT molecular complexity index is 634. The third-order valence-corrected chi connectivity index (χ3v) is 5.41. The zero-order valence-corrected chi connectivity index (χ0v) is 15.1. The van der Waals surface area contributed by atoms with E-state index in [0.29, 0.717) is 12.3 Å². The van der Waals surface area contributed by atoms with Gasteiger partial charge in [0.15, 0.2) is 0 Å². The van der Waals surface area contributed by atoms with Crippen molar-refractivity contribution in [1.29, 1.82) is 0 Å². The van der Waals surface area contributed by atoms with Crippen LogP contribution in [0.3, 0.4) is 0 Å². The molecule has 2 aliphatic rings. The number of imide groups is 1. The summed E-state index contributed by atoms with van der Waals surface area (Å²) >= 11 is 1.08. The van der Waals surface area contributed by atoms with Crippen LogP contribution < -0.4 is 9.64 Å². The molecule has 0 atom stereocenters. The summed E-state index contributed by atoms with van der Waals surface area (Å²) in [6.45, 7) is 4.62. The molecule has 8 heteroatoms. The second-order valence-electron chi connectivity index (χ2n) is 6.10. The molecule has 2 heterocycles. The van der Waals surface area contributed by atoms with E-state index in [1.165, 1.54) is 17.0 Å². The Balaban J connectivity index is 1.47. The Morgan fingerprint density at radius 3 is 2.56 bits per heavy atom. The lowest BCUT2D eigenvalue weighted by atomic mass is 10.2. The van der Waals surface area contributed by atoms with Crippen LogP contribution in [0.25, 0.3) is 0 Å². The highest BCUT2D eigenvalue weighted by Gasteiger charge is 2.29. The van der Waals surface area contributed by atoms with Crippen molar-refractivity contribution < 1.29 is 18.7 Å². The summed E-state index contributed by atoms with van der Waals surface area (Å²) in [6, 6.07) is 4.56. The molecule has 0 aliphatic carbocycles. The first-order valence-electron chi connectivity index (χ1n) is 8.36. The van der Waals surface area contributed by atoms with E-state index in [1.54, 1.807) is 13.2 Å². The summed E-state index contributed by atoms with van der Waals surface area (Å²) in [6.07, 6.45) is 0.779. The monoisotopic (exact) mass is 367 g/mol. The van der Waals surface area contributed by atoms with Crippen molar-refractivity contribution in [3.05, 3.63) is 24.0 Å². The third kappa shape index (κ3) is 4.24. The van der Waals surface area contributed by atoms with Crippen LogP contribution in [0.15, 0.2) is 18.2 Å². The van der Waals surface area contributed by atoms with Crippen molar-refractivity contribution in [3.63, 3.8) is 0 Å². The Hall–Kier alpha value is -1.80. The van der Waals surface area contributed by atoms with Gasteiger partial charge >= 0.3 is 0 Å². The van der Waals surface area contributed by atoms with Gasteiger partial charge in [-0.3, -0.25) is 19.4 Å². The number of ether oxygens (including phenoxy) is 1. The van der Waals surface area contributed by atoms with E-state index in [1.807, 2.05) is 0 Å². The second kappa shape index (κ2) is 8.05. The number of piperazine rings is 1. The molecule has 6 nitrogen and oxygen atoms in total. The van der Waals surface area contributed by atoms with E-state index in [-0.39, 0.29) is 22.7 Å². The minimum Gasteiger partial charge on any atom is -0.495 e. The maximum Gasteiger partial charge on any atom is 0.288 e. The third-order valence-electron chi connectivity index (χ3n) is 4.55. The van der Waals surface area contributed by atoms with E-state index < -0.39 is 0 Å². The van der Waals surface area contributed by atoms with Crippen LogP contribution >= 0.6 is 11.8 Å². The van der Waals surface area contributed by atoms with Crippen molar-refractivity contribution >= 4 is 28.6 Å². The van der Waals surface area contributed by atoms with E-state index in [4.69, 9.17) is 4.74 Å². The van der Waals surface area contributed by atoms with Gasteiger partial charge in [-0.05, 0) is 25.1 Å². The number of benzene rings is 1. The predicted octanol–water partition coefficient (Wildman–Crippen LogP) is 2.04. The van der Waals surface area contributed by atoms with Crippen molar-refractivity contribution in [2.45, 2.75) is 6.42 Å². The average molecular weight is 367 g/mol. The Kier molecular flexibility index (Phi) is 5.80. The minimum absolute atomic E-state index is 0.0852. The molecular weight excluding hydrogens is 345 g/mol. The molecule has 2 fully saturated rings. The van der Waals surface area contributed by atoms with Crippen molar-refractivity contribution in [2.75, 3.05) is 57.0 Å². The number of anilines is 1. The zero-order valence-electron chi connectivity index (χ0n) is 14.2. The van der Waals surface area contributed by atoms with Crippen LogP contribution in [0.1, 0.15) is 6.42 Å². The summed E-state index contributed by atoms with van der Waals surface area (Å²) in [4.78, 5) is 28.9. The molecule has 0 unspecified atom stereocenters. The first-order chi connectivity index (χ1) is 12.1. The van der Waals surface area contributed by atoms with Gasteiger partial charge in [0.25, 0.3) is 5.24 Å². The molecule has 3 rings (SSSR count). The van der Waals surface area contributed by atoms with E-state index in [0.717, 1.165) is 56.6 Å². The molecule has 0 saturated carbocycles. The van der Waals surface area contributed by atoms with Gasteiger partial charge in [0.05, 0.1) is 18.6 Å². The van der Waals surface area contributed by atoms with Crippen molar-refractivity contribution in [2.24, 2.45) is 0 Å². The number of hydrogen-bond donors (Lipinski definition) is 0. The van der Waals surface area contributed by atoms with Gasteiger partial charge in [-0.25, -0.2) is 4.39 Å². The molecule has 0 aromatic heterocycles. The number of nitrogens with zero attached hydrogens (tertiary/aromatic N) is 3. The smallest absolute Gasteiger partial charge is 0.288 e. The van der Waals surface area contributed by atoms with E-state index in [2.05, 4.69) is 9.80 Å². The molecule has 136 valence electrons. The van der Waals surface area contributed by atoms with Gasteiger partial charge in [-0.1, -0.05) is 11.8 Å². The fraction of sp³-hybridized carbons (Fsp3) is 0.529. The van der Waals surface area contributed by atoms with E-state index in [9.17, 15) is 14.0 Å². The molecule has 0 radical (unpaired) electrons. The Morgan fingerprint density at radius 2 is 1.92 bits per heavy atom. The maximum atomic E-state index is 13.5. The van der Waals surface area contributed by atoms with Gasteiger partial charge < -0.3 is 9.64 Å². The summed E-state index contributed by atoms with van der Waals surface area (Å²) in [5.41, 5.74) is 0.785. The lowest BCUT2D eigenvalue weighted by molar-refractivity contribution is -0.124. The Labute approximate surface area is 150 Å². The highest BCUT2D eigenvalue weighted by Crippen LogP contribution is 2.29. The Morgan fingerprint density at radius 1 is 1.16 bits per heavy atom. The molecule has 0 spiro atoms. The summed E-state index contributed by atoms with van der Waals surface area (Å²) in [5.74, 6) is 0.597. The lowest BCUT2D eigenvalue weighted by Crippen LogP contribution is -2.47. The minimum atomic E-state index is -0.268. The van der Waals surface area contributed by atoms with Crippen molar-refractivity contribution in [3.8, 4) is 5.75 Å². The predicted molar refractivity (Wildman–Crippen MR) is 95.8 cm³/mol. The molecule has 2 amide bonds. The van der Waals surface area contributed by atoms with Crippen molar-refractivity contribution in [1.82, 2.24) is 9.80 Å². The quantitative estimate of drug-likeness (QED) is 0.767. The van der Waals surface area contributed by atoms with Gasteiger partial charge in [-0.2, -0.15) is 0 Å². The van der Waals surface area contributed by atoms with Gasteiger partial charge in [0.2, 0.25) is 5.91 Å². The van der Waals surface area contributed by atoms with Gasteiger partial charge in [-0.15, -0.1) is 0 Å². The highest BCUT2D eigenvalue weighted by molar-refractivity contribution is 8.14. The largest absolute Gasteiger partial charge is 0.495 e.